The van der Waals surface area contributed by atoms with Crippen LogP contribution in [0.3, 0.4) is 0 Å². The number of aryl methyl sites for hydroxylation is 1. The van der Waals surface area contributed by atoms with Gasteiger partial charge in [0.25, 0.3) is 0 Å². The van der Waals surface area contributed by atoms with Gasteiger partial charge in [-0.1, -0.05) is 19.3 Å². The second kappa shape index (κ2) is 5.69. The van der Waals surface area contributed by atoms with Crippen molar-refractivity contribution < 1.29 is 4.74 Å². The van der Waals surface area contributed by atoms with E-state index in [1.165, 1.54) is 55.2 Å². The molecule has 1 fully saturated rings. The molecule has 0 aliphatic heterocycles. The van der Waals surface area contributed by atoms with E-state index in [4.69, 9.17) is 10.5 Å². The average molecular weight is 338 g/mol. The van der Waals surface area contributed by atoms with E-state index in [2.05, 4.69) is 22.0 Å². The fraction of sp³-hybridized carbons (Fsp3) is 0.647. The summed E-state index contributed by atoms with van der Waals surface area (Å²) in [5.74, 6) is 0.982. The third-order valence-electron chi connectivity index (χ3n) is 5.02. The van der Waals surface area contributed by atoms with Gasteiger partial charge in [0.05, 0.1) is 11.6 Å². The van der Waals surface area contributed by atoms with Gasteiger partial charge < -0.3 is 10.5 Å². The van der Waals surface area contributed by atoms with Crippen molar-refractivity contribution in [3.05, 3.63) is 27.2 Å². The predicted octanol–water partition coefficient (Wildman–Crippen LogP) is 4.45. The van der Waals surface area contributed by atoms with E-state index in [1.807, 2.05) is 0 Å². The van der Waals surface area contributed by atoms with Crippen LogP contribution in [0.2, 0.25) is 0 Å². The van der Waals surface area contributed by atoms with E-state index in [1.54, 1.807) is 7.11 Å². The zero-order valence-electron chi connectivity index (χ0n) is 12.3. The molecule has 2 nitrogen and oxygen atoms in total. The molecule has 20 heavy (non-hydrogen) atoms. The quantitative estimate of drug-likeness (QED) is 0.809. The number of ether oxygens (including phenoxy) is 1. The Labute approximate surface area is 130 Å². The molecule has 3 rings (SSSR count). The Morgan fingerprint density at radius 2 is 1.80 bits per heavy atom. The number of benzene rings is 1. The van der Waals surface area contributed by atoms with E-state index in [0.717, 1.165) is 29.5 Å². The number of fused-ring (bicyclic) bond motifs is 1. The Bertz CT molecular complexity index is 506. The lowest BCUT2D eigenvalue weighted by Crippen LogP contribution is -2.34. The first-order chi connectivity index (χ1) is 9.65. The molecule has 1 saturated carbocycles. The van der Waals surface area contributed by atoms with Crippen LogP contribution in [0.4, 0.5) is 0 Å². The number of nitrogens with two attached hydrogens (primary N) is 1. The van der Waals surface area contributed by atoms with Gasteiger partial charge in [-0.15, -0.1) is 0 Å². The van der Waals surface area contributed by atoms with Crippen molar-refractivity contribution in [2.75, 3.05) is 7.11 Å². The minimum absolute atomic E-state index is 0.185. The molecule has 0 saturated heterocycles. The molecule has 1 aromatic rings. The van der Waals surface area contributed by atoms with Crippen molar-refractivity contribution in [2.24, 2.45) is 5.73 Å². The highest BCUT2D eigenvalue weighted by atomic mass is 79.9. The van der Waals surface area contributed by atoms with Crippen molar-refractivity contribution in [3.8, 4) is 5.75 Å². The van der Waals surface area contributed by atoms with Gasteiger partial charge >= 0.3 is 0 Å². The van der Waals surface area contributed by atoms with Crippen LogP contribution in [-0.2, 0) is 18.4 Å². The molecule has 0 heterocycles. The summed E-state index contributed by atoms with van der Waals surface area (Å²) in [4.78, 5) is 0. The molecule has 3 heteroatoms. The zero-order valence-corrected chi connectivity index (χ0v) is 13.9. The van der Waals surface area contributed by atoms with Gasteiger partial charge in [-0.2, -0.15) is 0 Å². The lowest BCUT2D eigenvalue weighted by Gasteiger charge is -2.29. The molecule has 2 N–H and O–H groups in total. The standard InChI is InChI=1S/C17H24BrNO/c1-20-16-14(17(19)9-5-6-10-17)11-12-7-3-2-4-8-13(12)15(16)18/h11H,2-10,19H2,1H3. The van der Waals surface area contributed by atoms with Gasteiger partial charge in [-0.05, 0) is 71.6 Å². The number of hydrogen-bond acceptors (Lipinski definition) is 2. The minimum Gasteiger partial charge on any atom is -0.495 e. The first-order valence-corrected chi connectivity index (χ1v) is 8.62. The van der Waals surface area contributed by atoms with Gasteiger partial charge in [0.1, 0.15) is 5.75 Å². The van der Waals surface area contributed by atoms with Crippen LogP contribution in [0.5, 0.6) is 5.75 Å². The van der Waals surface area contributed by atoms with Crippen LogP contribution in [0.25, 0.3) is 0 Å². The molecule has 0 unspecified atom stereocenters. The highest BCUT2D eigenvalue weighted by Gasteiger charge is 2.35. The number of hydrogen-bond donors (Lipinski definition) is 1. The van der Waals surface area contributed by atoms with Gasteiger partial charge in [0, 0.05) is 11.1 Å². The van der Waals surface area contributed by atoms with Crippen LogP contribution in [-0.4, -0.2) is 7.11 Å². The fourth-order valence-electron chi connectivity index (χ4n) is 3.86. The van der Waals surface area contributed by atoms with E-state index < -0.39 is 0 Å². The molecule has 0 bridgehead atoms. The predicted molar refractivity (Wildman–Crippen MR) is 86.3 cm³/mol. The molecule has 110 valence electrons. The van der Waals surface area contributed by atoms with E-state index in [9.17, 15) is 0 Å². The highest BCUT2D eigenvalue weighted by Crippen LogP contribution is 2.46. The van der Waals surface area contributed by atoms with Crippen LogP contribution in [0, 0.1) is 0 Å². The summed E-state index contributed by atoms with van der Waals surface area (Å²) in [5.41, 5.74) is 10.7. The molecule has 0 spiro atoms. The van der Waals surface area contributed by atoms with Crippen LogP contribution in [0.15, 0.2) is 10.5 Å². The summed E-state index contributed by atoms with van der Waals surface area (Å²) >= 11 is 3.80. The normalized spacial score (nSPS) is 21.4. The molecular weight excluding hydrogens is 314 g/mol. The SMILES string of the molecule is COc1c(C2(N)CCCC2)cc2c(c1Br)CCCCC2. The summed E-state index contributed by atoms with van der Waals surface area (Å²) in [6.07, 6.45) is 10.9. The maximum Gasteiger partial charge on any atom is 0.138 e. The first kappa shape index (κ1) is 14.4. The van der Waals surface area contributed by atoms with Crippen molar-refractivity contribution in [1.29, 1.82) is 0 Å². The Balaban J connectivity index is 2.14. The molecule has 2 aliphatic rings. The van der Waals surface area contributed by atoms with Crippen molar-refractivity contribution >= 4 is 15.9 Å². The summed E-state index contributed by atoms with van der Waals surface area (Å²) in [6.45, 7) is 0. The van der Waals surface area contributed by atoms with Crippen molar-refractivity contribution in [1.82, 2.24) is 0 Å². The van der Waals surface area contributed by atoms with E-state index in [0.29, 0.717) is 0 Å². The summed E-state index contributed by atoms with van der Waals surface area (Å²) in [7, 11) is 1.77. The fourth-order valence-corrected chi connectivity index (χ4v) is 4.68. The maximum absolute atomic E-state index is 6.70. The average Bonchev–Trinajstić information content (AvgIpc) is 2.74. The molecule has 1 aromatic carbocycles. The third-order valence-corrected chi connectivity index (χ3v) is 5.86. The molecule has 0 amide bonds. The van der Waals surface area contributed by atoms with Crippen LogP contribution < -0.4 is 10.5 Å². The Morgan fingerprint density at radius 3 is 2.50 bits per heavy atom. The Morgan fingerprint density at radius 1 is 1.10 bits per heavy atom. The lowest BCUT2D eigenvalue weighted by molar-refractivity contribution is 0.376. The Hall–Kier alpha value is -0.540. The number of methoxy groups -OCH3 is 1. The molecule has 2 aliphatic carbocycles. The zero-order chi connectivity index (χ0) is 14.2. The van der Waals surface area contributed by atoms with Gasteiger partial charge in [-0.3, -0.25) is 0 Å². The number of halogens is 1. The summed E-state index contributed by atoms with van der Waals surface area (Å²) in [5, 5.41) is 0. The largest absolute Gasteiger partial charge is 0.495 e. The van der Waals surface area contributed by atoms with Gasteiger partial charge in [0.2, 0.25) is 0 Å². The molecular formula is C17H24BrNO. The van der Waals surface area contributed by atoms with Crippen molar-refractivity contribution in [2.45, 2.75) is 63.3 Å². The summed E-state index contributed by atoms with van der Waals surface area (Å²) < 4.78 is 6.89. The molecule has 0 aromatic heterocycles. The van der Waals surface area contributed by atoms with Crippen molar-refractivity contribution in [3.63, 3.8) is 0 Å². The first-order valence-electron chi connectivity index (χ1n) is 7.83. The summed E-state index contributed by atoms with van der Waals surface area (Å²) in [6, 6.07) is 2.36. The van der Waals surface area contributed by atoms with Crippen LogP contribution in [0.1, 0.15) is 61.6 Å². The maximum atomic E-state index is 6.70. The second-order valence-corrected chi connectivity index (χ2v) is 7.13. The topological polar surface area (TPSA) is 35.2 Å². The minimum atomic E-state index is -0.185. The van der Waals surface area contributed by atoms with Crippen LogP contribution >= 0.6 is 15.9 Å². The van der Waals surface area contributed by atoms with Gasteiger partial charge in [-0.25, -0.2) is 0 Å². The van der Waals surface area contributed by atoms with Gasteiger partial charge in [0.15, 0.2) is 0 Å². The number of rotatable bonds is 2. The highest BCUT2D eigenvalue weighted by molar-refractivity contribution is 9.10. The molecule has 0 radical (unpaired) electrons. The third kappa shape index (κ3) is 2.39. The van der Waals surface area contributed by atoms with E-state index >= 15 is 0 Å². The lowest BCUT2D eigenvalue weighted by atomic mass is 9.85. The Kier molecular flexibility index (Phi) is 4.09. The smallest absolute Gasteiger partial charge is 0.138 e. The van der Waals surface area contributed by atoms with E-state index in [-0.39, 0.29) is 5.54 Å². The molecule has 0 atom stereocenters. The monoisotopic (exact) mass is 337 g/mol. The second-order valence-electron chi connectivity index (χ2n) is 6.33.